The molecule has 0 rings (SSSR count). The number of esters is 1. The van der Waals surface area contributed by atoms with Crippen LogP contribution in [0.3, 0.4) is 0 Å². The van der Waals surface area contributed by atoms with Crippen molar-refractivity contribution in [2.45, 2.75) is 45.1 Å². The van der Waals surface area contributed by atoms with Crippen LogP contribution in [0.1, 0.15) is 39.5 Å². The van der Waals surface area contributed by atoms with E-state index in [1.807, 2.05) is 6.92 Å². The van der Waals surface area contributed by atoms with Gasteiger partial charge in [0, 0.05) is 6.42 Å². The highest BCUT2D eigenvalue weighted by molar-refractivity contribution is 5.87. The first kappa shape index (κ1) is 14.7. The highest BCUT2D eigenvalue weighted by Crippen LogP contribution is 2.14. The van der Waals surface area contributed by atoms with E-state index in [2.05, 4.69) is 11.9 Å². The van der Waals surface area contributed by atoms with E-state index in [9.17, 15) is 9.59 Å². The van der Waals surface area contributed by atoms with Crippen molar-refractivity contribution in [1.82, 2.24) is 5.32 Å². The third-order valence-electron chi connectivity index (χ3n) is 2.38. The van der Waals surface area contributed by atoms with Crippen molar-refractivity contribution in [2.24, 2.45) is 0 Å². The zero-order valence-electron chi connectivity index (χ0n) is 10.3. The van der Waals surface area contributed by atoms with Gasteiger partial charge in [0.25, 0.3) is 0 Å². The second kappa shape index (κ2) is 7.04. The van der Waals surface area contributed by atoms with Crippen LogP contribution in [0.2, 0.25) is 0 Å². The van der Waals surface area contributed by atoms with Gasteiger partial charge in [-0.1, -0.05) is 19.4 Å². The Morgan fingerprint density at radius 3 is 2.56 bits per heavy atom. The standard InChI is InChI=1S/C12H21NO3/c1-5-7-8-10(14)13-12(3,9-6-2)11(15)16-4/h5H,1,6-9H2,2-4H3,(H,13,14). The average molecular weight is 227 g/mol. The molecule has 0 aromatic carbocycles. The van der Waals surface area contributed by atoms with E-state index in [-0.39, 0.29) is 5.91 Å². The normalized spacial score (nSPS) is 13.7. The number of methoxy groups -OCH3 is 1. The summed E-state index contributed by atoms with van der Waals surface area (Å²) in [5.41, 5.74) is -0.915. The minimum Gasteiger partial charge on any atom is -0.467 e. The smallest absolute Gasteiger partial charge is 0.331 e. The first-order valence-corrected chi connectivity index (χ1v) is 5.50. The fourth-order valence-corrected chi connectivity index (χ4v) is 1.54. The summed E-state index contributed by atoms with van der Waals surface area (Å²) in [7, 11) is 1.33. The maximum absolute atomic E-state index is 11.6. The fraction of sp³-hybridized carbons (Fsp3) is 0.667. The van der Waals surface area contributed by atoms with Crippen molar-refractivity contribution >= 4 is 11.9 Å². The molecule has 1 N–H and O–H groups in total. The third kappa shape index (κ3) is 4.47. The molecule has 0 saturated heterocycles. The summed E-state index contributed by atoms with van der Waals surface area (Å²) in [4.78, 5) is 23.1. The van der Waals surface area contributed by atoms with E-state index in [0.717, 1.165) is 6.42 Å². The molecule has 0 aliphatic carbocycles. The Kier molecular flexibility index (Phi) is 6.46. The van der Waals surface area contributed by atoms with E-state index in [4.69, 9.17) is 4.74 Å². The van der Waals surface area contributed by atoms with Gasteiger partial charge >= 0.3 is 5.97 Å². The maximum atomic E-state index is 11.6. The molecule has 0 radical (unpaired) electrons. The molecule has 0 aromatic rings. The van der Waals surface area contributed by atoms with Crippen LogP contribution in [0, 0.1) is 0 Å². The molecule has 92 valence electrons. The van der Waals surface area contributed by atoms with Crippen LogP contribution in [0.5, 0.6) is 0 Å². The molecule has 1 atom stereocenters. The Morgan fingerprint density at radius 1 is 1.50 bits per heavy atom. The van der Waals surface area contributed by atoms with E-state index in [1.54, 1.807) is 13.0 Å². The number of carbonyl (C=O) groups excluding carboxylic acids is 2. The molecule has 4 heteroatoms. The van der Waals surface area contributed by atoms with Crippen LogP contribution >= 0.6 is 0 Å². The predicted molar refractivity (Wildman–Crippen MR) is 62.9 cm³/mol. The molecule has 0 aliphatic rings. The van der Waals surface area contributed by atoms with Gasteiger partial charge in [0.15, 0.2) is 0 Å². The van der Waals surface area contributed by atoms with Crippen molar-refractivity contribution in [3.8, 4) is 0 Å². The van der Waals surface area contributed by atoms with Crippen LogP contribution in [-0.2, 0) is 14.3 Å². The first-order chi connectivity index (χ1) is 7.50. The second-order valence-corrected chi connectivity index (χ2v) is 3.95. The zero-order chi connectivity index (χ0) is 12.6. The maximum Gasteiger partial charge on any atom is 0.331 e. The van der Waals surface area contributed by atoms with Crippen LogP contribution in [-0.4, -0.2) is 24.5 Å². The van der Waals surface area contributed by atoms with Gasteiger partial charge in [-0.15, -0.1) is 6.58 Å². The summed E-state index contributed by atoms with van der Waals surface area (Å²) in [6.45, 7) is 7.19. The van der Waals surface area contributed by atoms with Crippen LogP contribution in [0.25, 0.3) is 0 Å². The molecule has 0 saturated carbocycles. The van der Waals surface area contributed by atoms with Crippen molar-refractivity contribution < 1.29 is 14.3 Å². The lowest BCUT2D eigenvalue weighted by Crippen LogP contribution is -2.52. The number of nitrogens with one attached hydrogen (secondary N) is 1. The van der Waals surface area contributed by atoms with E-state index >= 15 is 0 Å². The first-order valence-electron chi connectivity index (χ1n) is 5.50. The summed E-state index contributed by atoms with van der Waals surface area (Å²) >= 11 is 0. The van der Waals surface area contributed by atoms with Crippen molar-refractivity contribution in [3.63, 3.8) is 0 Å². The highest BCUT2D eigenvalue weighted by Gasteiger charge is 2.34. The zero-order valence-corrected chi connectivity index (χ0v) is 10.3. The molecule has 0 heterocycles. The third-order valence-corrected chi connectivity index (χ3v) is 2.38. The van der Waals surface area contributed by atoms with Gasteiger partial charge in [0.2, 0.25) is 5.91 Å². The van der Waals surface area contributed by atoms with Crippen molar-refractivity contribution in [3.05, 3.63) is 12.7 Å². The fourth-order valence-electron chi connectivity index (χ4n) is 1.54. The molecule has 1 unspecified atom stereocenters. The highest BCUT2D eigenvalue weighted by atomic mass is 16.5. The number of hydrogen-bond donors (Lipinski definition) is 1. The SMILES string of the molecule is C=CCCC(=O)NC(C)(CCC)C(=O)OC. The van der Waals surface area contributed by atoms with Gasteiger partial charge in [-0.25, -0.2) is 4.79 Å². The number of allylic oxidation sites excluding steroid dienone is 1. The summed E-state index contributed by atoms with van der Waals surface area (Å²) in [5.74, 6) is -0.553. The van der Waals surface area contributed by atoms with Crippen molar-refractivity contribution in [1.29, 1.82) is 0 Å². The molecule has 16 heavy (non-hydrogen) atoms. The Balaban J connectivity index is 4.48. The average Bonchev–Trinajstić information content (AvgIpc) is 2.25. The van der Waals surface area contributed by atoms with E-state index in [0.29, 0.717) is 19.3 Å². The van der Waals surface area contributed by atoms with Crippen LogP contribution < -0.4 is 5.32 Å². The predicted octanol–water partition coefficient (Wildman–Crippen LogP) is 1.80. The van der Waals surface area contributed by atoms with Gasteiger partial charge in [-0.3, -0.25) is 4.79 Å². The largest absolute Gasteiger partial charge is 0.467 e. The van der Waals surface area contributed by atoms with Crippen LogP contribution in [0.4, 0.5) is 0 Å². The Morgan fingerprint density at radius 2 is 2.12 bits per heavy atom. The number of rotatable bonds is 7. The van der Waals surface area contributed by atoms with Crippen LogP contribution in [0.15, 0.2) is 12.7 Å². The lowest BCUT2D eigenvalue weighted by molar-refractivity contribution is -0.150. The molecule has 0 fully saturated rings. The quantitative estimate of drug-likeness (QED) is 0.533. The Hall–Kier alpha value is -1.32. The van der Waals surface area contributed by atoms with Gasteiger partial charge in [-0.05, 0) is 19.8 Å². The van der Waals surface area contributed by atoms with Gasteiger partial charge in [0.05, 0.1) is 7.11 Å². The summed E-state index contributed by atoms with van der Waals surface area (Å²) in [5, 5.41) is 2.72. The molecule has 4 nitrogen and oxygen atoms in total. The molecule has 0 aromatic heterocycles. The molecule has 0 bridgehead atoms. The van der Waals surface area contributed by atoms with E-state index in [1.165, 1.54) is 7.11 Å². The molecular formula is C12H21NO3. The summed E-state index contributed by atoms with van der Waals surface area (Å²) in [6.07, 6.45) is 4.00. The minimum absolute atomic E-state index is 0.152. The number of amides is 1. The summed E-state index contributed by atoms with van der Waals surface area (Å²) < 4.78 is 4.70. The summed E-state index contributed by atoms with van der Waals surface area (Å²) in [6, 6.07) is 0. The lowest BCUT2D eigenvalue weighted by atomic mass is 9.96. The molecule has 0 spiro atoms. The van der Waals surface area contributed by atoms with Gasteiger partial charge in [-0.2, -0.15) is 0 Å². The topological polar surface area (TPSA) is 55.4 Å². The van der Waals surface area contributed by atoms with Crippen molar-refractivity contribution in [2.75, 3.05) is 7.11 Å². The molecular weight excluding hydrogens is 206 g/mol. The monoisotopic (exact) mass is 227 g/mol. The molecule has 1 amide bonds. The van der Waals surface area contributed by atoms with E-state index < -0.39 is 11.5 Å². The number of carbonyl (C=O) groups is 2. The minimum atomic E-state index is -0.915. The number of ether oxygens (including phenoxy) is 1. The second-order valence-electron chi connectivity index (χ2n) is 3.95. The van der Waals surface area contributed by atoms with Gasteiger partial charge in [0.1, 0.15) is 5.54 Å². The Bertz CT molecular complexity index is 263. The number of hydrogen-bond acceptors (Lipinski definition) is 3. The Labute approximate surface area is 97.1 Å². The lowest BCUT2D eigenvalue weighted by Gasteiger charge is -2.27. The molecule has 0 aliphatic heterocycles. The van der Waals surface area contributed by atoms with Gasteiger partial charge < -0.3 is 10.1 Å².